The van der Waals surface area contributed by atoms with Crippen LogP contribution in [0.25, 0.3) is 0 Å². The Labute approximate surface area is 133 Å². The summed E-state index contributed by atoms with van der Waals surface area (Å²) in [6, 6.07) is 15.1. The zero-order valence-electron chi connectivity index (χ0n) is 11.8. The van der Waals surface area contributed by atoms with Crippen molar-refractivity contribution in [2.24, 2.45) is 0 Å². The topological polar surface area (TPSA) is 49.3 Å². The number of nitrogens with one attached hydrogen (secondary N) is 1. The van der Waals surface area contributed by atoms with Crippen LogP contribution in [-0.4, -0.2) is 17.6 Å². The van der Waals surface area contributed by atoms with Crippen molar-refractivity contribution < 1.29 is 9.90 Å². The van der Waals surface area contributed by atoms with Crippen molar-refractivity contribution in [2.45, 2.75) is 19.4 Å². The van der Waals surface area contributed by atoms with Gasteiger partial charge in [-0.1, -0.05) is 36.4 Å². The third-order valence-corrected chi connectivity index (χ3v) is 3.95. The summed E-state index contributed by atoms with van der Waals surface area (Å²) >= 11 is 3.42. The zero-order valence-corrected chi connectivity index (χ0v) is 13.4. The first kappa shape index (κ1) is 15.7. The van der Waals surface area contributed by atoms with Gasteiger partial charge in [0.1, 0.15) is 0 Å². The third-order valence-electron chi connectivity index (χ3n) is 3.29. The van der Waals surface area contributed by atoms with Crippen LogP contribution >= 0.6 is 15.9 Å². The number of rotatable bonds is 5. The fourth-order valence-electron chi connectivity index (χ4n) is 2.18. The van der Waals surface area contributed by atoms with Gasteiger partial charge in [0.2, 0.25) is 0 Å². The number of aryl methyl sites for hydroxylation is 1. The molecule has 1 atom stereocenters. The predicted molar refractivity (Wildman–Crippen MR) is 87.2 cm³/mol. The van der Waals surface area contributed by atoms with Crippen LogP contribution < -0.4 is 5.32 Å². The predicted octanol–water partition coefficient (Wildman–Crippen LogP) is 3.61. The number of hydrogen-bond acceptors (Lipinski definition) is 2. The molecule has 3 nitrogen and oxygen atoms in total. The van der Waals surface area contributed by atoms with Crippen molar-refractivity contribution in [1.29, 1.82) is 0 Å². The lowest BCUT2D eigenvalue weighted by molar-refractivity contribution is 0.0929. The van der Waals surface area contributed by atoms with Crippen LogP contribution in [-0.2, 0) is 0 Å². The molecular formula is C17H18BrNO2. The van der Waals surface area contributed by atoms with Gasteiger partial charge in [-0.05, 0) is 52.5 Å². The van der Waals surface area contributed by atoms with Gasteiger partial charge in [0.05, 0.1) is 11.6 Å². The molecule has 2 aromatic rings. The second kappa shape index (κ2) is 7.38. The minimum absolute atomic E-state index is 0.0227. The molecule has 110 valence electrons. The van der Waals surface area contributed by atoms with E-state index in [2.05, 4.69) is 21.2 Å². The molecule has 0 radical (unpaired) electrons. The van der Waals surface area contributed by atoms with Crippen molar-refractivity contribution >= 4 is 21.8 Å². The fourth-order valence-corrected chi connectivity index (χ4v) is 2.85. The largest absolute Gasteiger partial charge is 0.396 e. The van der Waals surface area contributed by atoms with Crippen molar-refractivity contribution in [2.75, 3.05) is 6.61 Å². The van der Waals surface area contributed by atoms with Gasteiger partial charge in [-0.2, -0.15) is 0 Å². The number of benzene rings is 2. The van der Waals surface area contributed by atoms with Crippen LogP contribution in [0.15, 0.2) is 53.0 Å². The van der Waals surface area contributed by atoms with E-state index in [1.807, 2.05) is 49.4 Å². The highest BCUT2D eigenvalue weighted by Gasteiger charge is 2.16. The molecule has 0 aliphatic carbocycles. The standard InChI is InChI=1S/C17H18BrNO2/c1-12-7-8-14(15(18)11-12)17(21)19-16(9-10-20)13-5-3-2-4-6-13/h2-8,11,16,20H,9-10H2,1H3,(H,19,21). The minimum Gasteiger partial charge on any atom is -0.396 e. The maximum absolute atomic E-state index is 12.4. The van der Waals surface area contributed by atoms with Gasteiger partial charge in [0.25, 0.3) is 5.91 Å². The Bertz CT molecular complexity index is 613. The molecule has 0 aliphatic heterocycles. The second-order valence-corrected chi connectivity index (χ2v) is 5.79. The van der Waals surface area contributed by atoms with Gasteiger partial charge < -0.3 is 10.4 Å². The van der Waals surface area contributed by atoms with Crippen molar-refractivity contribution in [3.8, 4) is 0 Å². The molecule has 2 rings (SSSR count). The van der Waals surface area contributed by atoms with Crippen LogP contribution in [0.3, 0.4) is 0 Å². The summed E-state index contributed by atoms with van der Waals surface area (Å²) in [6.45, 7) is 2.00. The molecule has 2 N–H and O–H groups in total. The van der Waals surface area contributed by atoms with E-state index >= 15 is 0 Å². The van der Waals surface area contributed by atoms with Gasteiger partial charge >= 0.3 is 0 Å². The molecule has 1 amide bonds. The summed E-state index contributed by atoms with van der Waals surface area (Å²) in [7, 11) is 0. The molecule has 0 heterocycles. The third kappa shape index (κ3) is 4.16. The molecule has 0 aliphatic rings. The Kier molecular flexibility index (Phi) is 5.53. The van der Waals surface area contributed by atoms with Crippen molar-refractivity contribution in [1.82, 2.24) is 5.32 Å². The van der Waals surface area contributed by atoms with E-state index in [1.54, 1.807) is 6.07 Å². The number of carbonyl (C=O) groups is 1. The molecule has 0 spiro atoms. The quantitative estimate of drug-likeness (QED) is 0.867. The monoisotopic (exact) mass is 347 g/mol. The van der Waals surface area contributed by atoms with E-state index in [-0.39, 0.29) is 18.6 Å². The summed E-state index contributed by atoms with van der Waals surface area (Å²) in [5.41, 5.74) is 2.68. The molecular weight excluding hydrogens is 330 g/mol. The smallest absolute Gasteiger partial charge is 0.252 e. The second-order valence-electron chi connectivity index (χ2n) is 4.93. The van der Waals surface area contributed by atoms with E-state index in [0.717, 1.165) is 15.6 Å². The molecule has 21 heavy (non-hydrogen) atoms. The highest BCUT2D eigenvalue weighted by molar-refractivity contribution is 9.10. The molecule has 1 unspecified atom stereocenters. The number of halogens is 1. The molecule has 0 bridgehead atoms. The van der Waals surface area contributed by atoms with Gasteiger partial charge in [-0.3, -0.25) is 4.79 Å². The molecule has 4 heteroatoms. The lowest BCUT2D eigenvalue weighted by atomic mass is 10.0. The molecule has 0 saturated carbocycles. The van der Waals surface area contributed by atoms with Crippen LogP contribution in [0.1, 0.15) is 33.9 Å². The fraction of sp³-hybridized carbons (Fsp3) is 0.235. The number of carbonyl (C=O) groups excluding carboxylic acids is 1. The van der Waals surface area contributed by atoms with Gasteiger partial charge in [0, 0.05) is 11.1 Å². The Hall–Kier alpha value is -1.65. The first-order valence-electron chi connectivity index (χ1n) is 6.84. The van der Waals surface area contributed by atoms with Crippen LogP contribution in [0.2, 0.25) is 0 Å². The zero-order chi connectivity index (χ0) is 15.2. The molecule has 0 saturated heterocycles. The molecule has 2 aromatic carbocycles. The van der Waals surface area contributed by atoms with Crippen LogP contribution in [0.5, 0.6) is 0 Å². The Morgan fingerprint density at radius 2 is 1.95 bits per heavy atom. The average Bonchev–Trinajstić information content (AvgIpc) is 2.47. The van der Waals surface area contributed by atoms with Crippen molar-refractivity contribution in [3.63, 3.8) is 0 Å². The first-order valence-corrected chi connectivity index (χ1v) is 7.64. The van der Waals surface area contributed by atoms with Crippen LogP contribution in [0.4, 0.5) is 0 Å². The Balaban J connectivity index is 2.18. The lowest BCUT2D eigenvalue weighted by Crippen LogP contribution is -2.29. The number of hydrogen-bond donors (Lipinski definition) is 2. The summed E-state index contributed by atoms with van der Waals surface area (Å²) in [6.07, 6.45) is 0.485. The van der Waals surface area contributed by atoms with E-state index in [9.17, 15) is 9.90 Å². The SMILES string of the molecule is Cc1ccc(C(=O)NC(CCO)c2ccccc2)c(Br)c1. The first-order chi connectivity index (χ1) is 10.1. The van der Waals surface area contributed by atoms with E-state index in [0.29, 0.717) is 12.0 Å². The van der Waals surface area contributed by atoms with Gasteiger partial charge in [-0.15, -0.1) is 0 Å². The average molecular weight is 348 g/mol. The minimum atomic E-state index is -0.197. The summed E-state index contributed by atoms with van der Waals surface area (Å²) in [4.78, 5) is 12.4. The highest BCUT2D eigenvalue weighted by atomic mass is 79.9. The number of aliphatic hydroxyl groups excluding tert-OH is 1. The normalized spacial score (nSPS) is 12.0. The van der Waals surface area contributed by atoms with E-state index < -0.39 is 0 Å². The van der Waals surface area contributed by atoms with Crippen molar-refractivity contribution in [3.05, 3.63) is 69.7 Å². The van der Waals surface area contributed by atoms with Crippen LogP contribution in [0, 0.1) is 6.92 Å². The number of amides is 1. The lowest BCUT2D eigenvalue weighted by Gasteiger charge is -2.19. The highest BCUT2D eigenvalue weighted by Crippen LogP contribution is 2.21. The maximum atomic E-state index is 12.4. The molecule has 0 aromatic heterocycles. The summed E-state index contributed by atoms with van der Waals surface area (Å²) in [5.74, 6) is -0.149. The Morgan fingerprint density at radius 3 is 2.57 bits per heavy atom. The number of aliphatic hydroxyl groups is 1. The Morgan fingerprint density at radius 1 is 1.24 bits per heavy atom. The summed E-state index contributed by atoms with van der Waals surface area (Å²) in [5, 5.41) is 12.2. The maximum Gasteiger partial charge on any atom is 0.252 e. The van der Waals surface area contributed by atoms with Gasteiger partial charge in [0.15, 0.2) is 0 Å². The summed E-state index contributed by atoms with van der Waals surface area (Å²) < 4.78 is 0.774. The van der Waals surface area contributed by atoms with Gasteiger partial charge in [-0.25, -0.2) is 0 Å². The van der Waals surface area contributed by atoms with E-state index in [4.69, 9.17) is 0 Å². The van der Waals surface area contributed by atoms with E-state index in [1.165, 1.54) is 0 Å². The molecule has 0 fully saturated rings.